The zero-order chi connectivity index (χ0) is 14.0. The zero-order valence-corrected chi connectivity index (χ0v) is 12.1. The van der Waals surface area contributed by atoms with E-state index in [1.54, 1.807) is 12.1 Å². The summed E-state index contributed by atoms with van der Waals surface area (Å²) in [6.07, 6.45) is 0. The first-order valence-corrected chi connectivity index (χ1v) is 6.59. The van der Waals surface area contributed by atoms with Crippen LogP contribution in [0.15, 0.2) is 36.4 Å². The minimum absolute atomic E-state index is 0.197. The second-order valence-electron chi connectivity index (χ2n) is 4.81. The molecule has 0 bridgehead atoms. The lowest BCUT2D eigenvalue weighted by Gasteiger charge is -2.19. The van der Waals surface area contributed by atoms with E-state index in [0.717, 1.165) is 16.7 Å². The fraction of sp³-hybridized carbons (Fsp3) is 0.250. The van der Waals surface area contributed by atoms with Crippen LogP contribution in [0.1, 0.15) is 28.3 Å². The van der Waals surface area contributed by atoms with E-state index in [4.69, 9.17) is 11.6 Å². The van der Waals surface area contributed by atoms with Crippen molar-refractivity contribution in [3.8, 4) is 0 Å². The Hall–Kier alpha value is -1.38. The largest absolute Gasteiger partial charge is 0.309 e. The minimum atomic E-state index is -0.247. The molecule has 0 amide bonds. The summed E-state index contributed by atoms with van der Waals surface area (Å²) >= 11 is 5.97. The molecule has 0 aliphatic rings. The van der Waals surface area contributed by atoms with Crippen molar-refractivity contribution in [2.75, 3.05) is 7.05 Å². The summed E-state index contributed by atoms with van der Waals surface area (Å²) in [6.45, 7) is 4.08. The molecular formula is C16H17ClFN. The second-order valence-corrected chi connectivity index (χ2v) is 5.25. The van der Waals surface area contributed by atoms with E-state index in [9.17, 15) is 4.39 Å². The van der Waals surface area contributed by atoms with Gasteiger partial charge in [0, 0.05) is 10.6 Å². The molecule has 1 unspecified atom stereocenters. The van der Waals surface area contributed by atoms with Crippen LogP contribution >= 0.6 is 11.6 Å². The second kappa shape index (κ2) is 5.72. The summed E-state index contributed by atoms with van der Waals surface area (Å²) in [7, 11) is 1.82. The van der Waals surface area contributed by atoms with Crippen LogP contribution in [0, 0.1) is 19.7 Å². The van der Waals surface area contributed by atoms with Crippen molar-refractivity contribution in [1.29, 1.82) is 0 Å². The summed E-state index contributed by atoms with van der Waals surface area (Å²) in [5.41, 5.74) is 3.94. The smallest absolute Gasteiger partial charge is 0.128 e. The van der Waals surface area contributed by atoms with Crippen LogP contribution in [0.5, 0.6) is 0 Å². The van der Waals surface area contributed by atoms with Gasteiger partial charge in [-0.2, -0.15) is 0 Å². The average molecular weight is 278 g/mol. The molecule has 3 heteroatoms. The quantitative estimate of drug-likeness (QED) is 0.876. The van der Waals surface area contributed by atoms with E-state index in [-0.39, 0.29) is 11.9 Å². The van der Waals surface area contributed by atoms with Crippen molar-refractivity contribution in [1.82, 2.24) is 5.32 Å². The van der Waals surface area contributed by atoms with Gasteiger partial charge in [-0.25, -0.2) is 4.39 Å². The third-order valence-corrected chi connectivity index (χ3v) is 3.37. The Kier molecular flexibility index (Phi) is 4.23. The molecule has 2 aromatic carbocycles. The number of rotatable bonds is 3. The van der Waals surface area contributed by atoms with Crippen molar-refractivity contribution in [3.63, 3.8) is 0 Å². The van der Waals surface area contributed by atoms with Gasteiger partial charge in [0.15, 0.2) is 0 Å². The van der Waals surface area contributed by atoms with E-state index in [1.165, 1.54) is 6.07 Å². The molecule has 1 atom stereocenters. The standard InChI is InChI=1S/C16H17ClFN/c1-10-6-11(2)8-12(7-10)16(19-3)14-9-13(17)4-5-15(14)18/h4-9,16,19H,1-3H3. The molecule has 0 saturated heterocycles. The Morgan fingerprint density at radius 3 is 2.26 bits per heavy atom. The minimum Gasteiger partial charge on any atom is -0.309 e. The highest BCUT2D eigenvalue weighted by atomic mass is 35.5. The average Bonchev–Trinajstić information content (AvgIpc) is 2.33. The third-order valence-electron chi connectivity index (χ3n) is 3.14. The van der Waals surface area contributed by atoms with Gasteiger partial charge in [-0.3, -0.25) is 0 Å². The van der Waals surface area contributed by atoms with Gasteiger partial charge in [0.05, 0.1) is 6.04 Å². The van der Waals surface area contributed by atoms with Crippen LogP contribution in [-0.2, 0) is 0 Å². The highest BCUT2D eigenvalue weighted by molar-refractivity contribution is 6.30. The lowest BCUT2D eigenvalue weighted by molar-refractivity contribution is 0.576. The van der Waals surface area contributed by atoms with Gasteiger partial charge < -0.3 is 5.32 Å². The molecule has 0 fully saturated rings. The van der Waals surface area contributed by atoms with E-state index in [0.29, 0.717) is 10.6 Å². The number of benzene rings is 2. The van der Waals surface area contributed by atoms with Crippen LogP contribution in [-0.4, -0.2) is 7.05 Å². The van der Waals surface area contributed by atoms with Crippen LogP contribution in [0.3, 0.4) is 0 Å². The first-order chi connectivity index (χ1) is 9.01. The van der Waals surface area contributed by atoms with Crippen molar-refractivity contribution < 1.29 is 4.39 Å². The lowest BCUT2D eigenvalue weighted by Crippen LogP contribution is -2.19. The number of halogens is 2. The van der Waals surface area contributed by atoms with Gasteiger partial charge in [0.1, 0.15) is 5.82 Å². The van der Waals surface area contributed by atoms with Crippen molar-refractivity contribution in [2.45, 2.75) is 19.9 Å². The molecule has 0 heterocycles. The van der Waals surface area contributed by atoms with E-state index >= 15 is 0 Å². The van der Waals surface area contributed by atoms with Gasteiger partial charge in [0.2, 0.25) is 0 Å². The fourth-order valence-corrected chi connectivity index (χ4v) is 2.59. The number of hydrogen-bond acceptors (Lipinski definition) is 1. The highest BCUT2D eigenvalue weighted by Crippen LogP contribution is 2.27. The van der Waals surface area contributed by atoms with Gasteiger partial charge in [0.25, 0.3) is 0 Å². The zero-order valence-electron chi connectivity index (χ0n) is 11.3. The van der Waals surface area contributed by atoms with Crippen molar-refractivity contribution in [3.05, 3.63) is 69.5 Å². The Morgan fingerprint density at radius 2 is 1.68 bits per heavy atom. The molecule has 100 valence electrons. The molecule has 2 rings (SSSR count). The summed E-state index contributed by atoms with van der Waals surface area (Å²) in [5.74, 6) is -0.247. The molecule has 0 aliphatic heterocycles. The van der Waals surface area contributed by atoms with Crippen LogP contribution in [0.4, 0.5) is 4.39 Å². The summed E-state index contributed by atoms with van der Waals surface area (Å²) in [4.78, 5) is 0. The van der Waals surface area contributed by atoms with E-state index in [2.05, 4.69) is 23.5 Å². The Balaban J connectivity index is 2.52. The van der Waals surface area contributed by atoms with Crippen LogP contribution in [0.25, 0.3) is 0 Å². The molecule has 19 heavy (non-hydrogen) atoms. The van der Waals surface area contributed by atoms with Crippen molar-refractivity contribution in [2.24, 2.45) is 0 Å². The normalized spacial score (nSPS) is 12.5. The number of hydrogen-bond donors (Lipinski definition) is 1. The number of nitrogens with one attached hydrogen (secondary N) is 1. The molecule has 1 N–H and O–H groups in total. The highest BCUT2D eigenvalue weighted by Gasteiger charge is 2.17. The van der Waals surface area contributed by atoms with Crippen LogP contribution < -0.4 is 5.32 Å². The molecule has 0 aromatic heterocycles. The first kappa shape index (κ1) is 14.0. The Morgan fingerprint density at radius 1 is 1.05 bits per heavy atom. The Bertz CT molecular complexity index is 575. The summed E-state index contributed by atoms with van der Waals surface area (Å²) in [6, 6.07) is 10.7. The fourth-order valence-electron chi connectivity index (χ4n) is 2.41. The number of aryl methyl sites for hydroxylation is 2. The third kappa shape index (κ3) is 3.14. The molecule has 0 spiro atoms. The molecule has 0 saturated carbocycles. The lowest BCUT2D eigenvalue weighted by atomic mass is 9.95. The van der Waals surface area contributed by atoms with Gasteiger partial charge in [-0.15, -0.1) is 0 Å². The molecule has 0 radical (unpaired) electrons. The predicted molar refractivity (Wildman–Crippen MR) is 78.2 cm³/mol. The summed E-state index contributed by atoms with van der Waals surface area (Å²) in [5, 5.41) is 3.70. The van der Waals surface area contributed by atoms with E-state index < -0.39 is 0 Å². The maximum absolute atomic E-state index is 14.0. The molecule has 2 aromatic rings. The SMILES string of the molecule is CNC(c1cc(C)cc(C)c1)c1cc(Cl)ccc1F. The molecule has 1 nitrogen and oxygen atoms in total. The van der Waals surface area contributed by atoms with Gasteiger partial charge >= 0.3 is 0 Å². The predicted octanol–water partition coefficient (Wildman–Crippen LogP) is 4.40. The molecule has 0 aliphatic carbocycles. The Labute approximate surface area is 118 Å². The van der Waals surface area contributed by atoms with Crippen LogP contribution in [0.2, 0.25) is 5.02 Å². The van der Waals surface area contributed by atoms with E-state index in [1.807, 2.05) is 20.9 Å². The maximum atomic E-state index is 14.0. The van der Waals surface area contributed by atoms with Gasteiger partial charge in [-0.1, -0.05) is 40.9 Å². The first-order valence-electron chi connectivity index (χ1n) is 6.21. The van der Waals surface area contributed by atoms with Crippen molar-refractivity contribution >= 4 is 11.6 Å². The topological polar surface area (TPSA) is 12.0 Å². The maximum Gasteiger partial charge on any atom is 0.128 e. The molecular weight excluding hydrogens is 261 g/mol. The monoisotopic (exact) mass is 277 g/mol. The summed E-state index contributed by atoms with van der Waals surface area (Å²) < 4.78 is 14.0. The van der Waals surface area contributed by atoms with Gasteiger partial charge in [-0.05, 0) is 44.7 Å².